The zero-order valence-corrected chi connectivity index (χ0v) is 9.93. The molecule has 1 aliphatic heterocycles. The van der Waals surface area contributed by atoms with E-state index in [1.165, 1.54) is 0 Å². The van der Waals surface area contributed by atoms with Crippen molar-refractivity contribution in [2.24, 2.45) is 0 Å². The van der Waals surface area contributed by atoms with E-state index in [1.807, 2.05) is 24.3 Å². The van der Waals surface area contributed by atoms with Crippen LogP contribution in [0.25, 0.3) is 0 Å². The smallest absolute Gasteiger partial charge is 0.223 e. The number of ether oxygens (including phenoxy) is 1. The lowest BCUT2D eigenvalue weighted by Gasteiger charge is -2.23. The van der Waals surface area contributed by atoms with Gasteiger partial charge in [-0.3, -0.25) is 4.79 Å². The number of likely N-dealkylation sites (tertiary alicyclic amines) is 1. The largest absolute Gasteiger partial charge is 0.497 e. The average Bonchev–Trinajstić information content (AvgIpc) is 2.71. The molecule has 1 saturated heterocycles. The van der Waals surface area contributed by atoms with Gasteiger partial charge in [0.05, 0.1) is 19.8 Å². The Bertz CT molecular complexity index is 388. The molecule has 0 spiro atoms. The van der Waals surface area contributed by atoms with Crippen LogP contribution in [0.15, 0.2) is 24.3 Å². The minimum Gasteiger partial charge on any atom is -0.497 e. The maximum Gasteiger partial charge on any atom is 0.223 e. The van der Waals surface area contributed by atoms with Crippen LogP contribution in [-0.4, -0.2) is 35.7 Å². The van der Waals surface area contributed by atoms with Gasteiger partial charge in [0.25, 0.3) is 0 Å². The van der Waals surface area contributed by atoms with E-state index in [-0.39, 0.29) is 18.6 Å². The van der Waals surface area contributed by atoms with Crippen molar-refractivity contribution in [3.63, 3.8) is 0 Å². The molecule has 1 heterocycles. The first kappa shape index (κ1) is 11.9. The van der Waals surface area contributed by atoms with Gasteiger partial charge in [-0.1, -0.05) is 12.1 Å². The van der Waals surface area contributed by atoms with Crippen LogP contribution in [0.5, 0.6) is 5.75 Å². The van der Waals surface area contributed by atoms with E-state index in [4.69, 9.17) is 4.74 Å². The number of aliphatic hydroxyl groups excluding tert-OH is 1. The van der Waals surface area contributed by atoms with Crippen molar-refractivity contribution in [2.45, 2.75) is 25.4 Å². The van der Waals surface area contributed by atoms with Crippen molar-refractivity contribution in [1.82, 2.24) is 4.90 Å². The third-order valence-electron chi connectivity index (χ3n) is 3.18. The van der Waals surface area contributed by atoms with Crippen LogP contribution < -0.4 is 4.74 Å². The Morgan fingerprint density at radius 2 is 2.12 bits per heavy atom. The summed E-state index contributed by atoms with van der Waals surface area (Å²) in [7, 11) is 1.63. The lowest BCUT2D eigenvalue weighted by Crippen LogP contribution is -2.34. The third kappa shape index (κ3) is 2.58. The number of nitrogens with zero attached hydrogens (tertiary/aromatic N) is 1. The van der Waals surface area contributed by atoms with E-state index in [0.717, 1.165) is 17.7 Å². The molecule has 1 aromatic carbocycles. The highest BCUT2D eigenvalue weighted by atomic mass is 16.5. The topological polar surface area (TPSA) is 49.8 Å². The summed E-state index contributed by atoms with van der Waals surface area (Å²) in [4.78, 5) is 13.4. The number of methoxy groups -OCH3 is 1. The molecule has 2 rings (SSSR count). The minimum atomic E-state index is -0.0235. The van der Waals surface area contributed by atoms with Crippen molar-refractivity contribution in [3.05, 3.63) is 29.8 Å². The fraction of sp³-hybridized carbons (Fsp3) is 0.462. The van der Waals surface area contributed by atoms with E-state index in [9.17, 15) is 9.90 Å². The summed E-state index contributed by atoms with van der Waals surface area (Å²) in [6, 6.07) is 7.62. The van der Waals surface area contributed by atoms with Crippen LogP contribution in [0.1, 0.15) is 18.4 Å². The van der Waals surface area contributed by atoms with Crippen LogP contribution in [-0.2, 0) is 11.3 Å². The van der Waals surface area contributed by atoms with Crippen molar-refractivity contribution >= 4 is 5.91 Å². The number of rotatable bonds is 4. The molecule has 0 unspecified atom stereocenters. The maximum absolute atomic E-state index is 11.7. The zero-order chi connectivity index (χ0) is 12.3. The summed E-state index contributed by atoms with van der Waals surface area (Å²) in [5.74, 6) is 0.931. The number of carbonyl (C=O) groups excluding carboxylic acids is 1. The Kier molecular flexibility index (Phi) is 3.64. The molecule has 1 amide bonds. The summed E-state index contributed by atoms with van der Waals surface area (Å²) in [6.45, 7) is 0.607. The van der Waals surface area contributed by atoms with Crippen molar-refractivity contribution < 1.29 is 14.6 Å². The fourth-order valence-corrected chi connectivity index (χ4v) is 2.13. The molecular formula is C13H17NO3. The van der Waals surface area contributed by atoms with Crippen LogP contribution in [0.4, 0.5) is 0 Å². The quantitative estimate of drug-likeness (QED) is 0.852. The molecule has 0 bridgehead atoms. The van der Waals surface area contributed by atoms with Crippen LogP contribution in [0.2, 0.25) is 0 Å². The van der Waals surface area contributed by atoms with Gasteiger partial charge in [-0.15, -0.1) is 0 Å². The second-order valence-corrected chi connectivity index (χ2v) is 4.24. The Morgan fingerprint density at radius 1 is 1.41 bits per heavy atom. The first-order valence-corrected chi connectivity index (χ1v) is 5.78. The van der Waals surface area contributed by atoms with Gasteiger partial charge in [0.1, 0.15) is 5.75 Å². The highest BCUT2D eigenvalue weighted by Gasteiger charge is 2.29. The molecule has 1 N–H and O–H groups in total. The van der Waals surface area contributed by atoms with Gasteiger partial charge in [0.15, 0.2) is 0 Å². The number of benzene rings is 1. The Hall–Kier alpha value is -1.55. The van der Waals surface area contributed by atoms with Gasteiger partial charge in [-0.05, 0) is 24.1 Å². The molecule has 1 aliphatic rings. The molecule has 1 fully saturated rings. The van der Waals surface area contributed by atoms with Crippen LogP contribution in [0.3, 0.4) is 0 Å². The Morgan fingerprint density at radius 3 is 2.71 bits per heavy atom. The molecule has 0 aromatic heterocycles. The third-order valence-corrected chi connectivity index (χ3v) is 3.18. The molecule has 0 radical (unpaired) electrons. The van der Waals surface area contributed by atoms with Crippen molar-refractivity contribution in [1.29, 1.82) is 0 Å². The summed E-state index contributed by atoms with van der Waals surface area (Å²) < 4.78 is 5.08. The number of hydrogen-bond donors (Lipinski definition) is 1. The molecule has 4 heteroatoms. The van der Waals surface area contributed by atoms with Crippen LogP contribution >= 0.6 is 0 Å². The normalized spacial score (nSPS) is 19.8. The highest BCUT2D eigenvalue weighted by molar-refractivity contribution is 5.78. The lowest BCUT2D eigenvalue weighted by atomic mass is 10.2. The predicted molar refractivity (Wildman–Crippen MR) is 63.7 cm³/mol. The van der Waals surface area contributed by atoms with Gasteiger partial charge in [0, 0.05) is 13.0 Å². The predicted octanol–water partition coefficient (Wildman–Crippen LogP) is 1.18. The molecule has 1 atom stereocenters. The van der Waals surface area contributed by atoms with E-state index in [1.54, 1.807) is 12.0 Å². The number of aliphatic hydroxyl groups is 1. The zero-order valence-electron chi connectivity index (χ0n) is 9.93. The monoisotopic (exact) mass is 235 g/mol. The standard InChI is InChI=1S/C13H17NO3/c1-17-12-5-2-10(3-6-12)8-14-11(9-15)4-7-13(14)16/h2-3,5-6,11,15H,4,7-9H2,1H3/t11-/m1/s1. The first-order valence-electron chi connectivity index (χ1n) is 5.78. The van der Waals surface area contributed by atoms with E-state index in [0.29, 0.717) is 13.0 Å². The summed E-state index contributed by atoms with van der Waals surface area (Å²) in [6.07, 6.45) is 1.30. The average molecular weight is 235 g/mol. The fourth-order valence-electron chi connectivity index (χ4n) is 2.13. The lowest BCUT2D eigenvalue weighted by molar-refractivity contribution is -0.130. The van der Waals surface area contributed by atoms with Gasteiger partial charge >= 0.3 is 0 Å². The molecule has 92 valence electrons. The second-order valence-electron chi connectivity index (χ2n) is 4.24. The molecule has 0 aliphatic carbocycles. The van der Waals surface area contributed by atoms with E-state index < -0.39 is 0 Å². The molecule has 1 aromatic rings. The minimum absolute atomic E-state index is 0.0235. The van der Waals surface area contributed by atoms with Gasteiger partial charge in [-0.25, -0.2) is 0 Å². The molecule has 17 heavy (non-hydrogen) atoms. The van der Waals surface area contributed by atoms with Gasteiger partial charge in [-0.2, -0.15) is 0 Å². The van der Waals surface area contributed by atoms with Gasteiger partial charge < -0.3 is 14.7 Å². The first-order chi connectivity index (χ1) is 8.24. The summed E-state index contributed by atoms with van der Waals surface area (Å²) >= 11 is 0. The van der Waals surface area contributed by atoms with Crippen LogP contribution in [0, 0.1) is 0 Å². The second kappa shape index (κ2) is 5.19. The Balaban J connectivity index is 2.06. The summed E-state index contributed by atoms with van der Waals surface area (Å²) in [5.41, 5.74) is 1.06. The highest BCUT2D eigenvalue weighted by Crippen LogP contribution is 2.22. The Labute approximate surface area is 101 Å². The number of hydrogen-bond acceptors (Lipinski definition) is 3. The van der Waals surface area contributed by atoms with E-state index >= 15 is 0 Å². The molecule has 0 saturated carbocycles. The number of carbonyl (C=O) groups is 1. The van der Waals surface area contributed by atoms with Gasteiger partial charge in [0.2, 0.25) is 5.91 Å². The maximum atomic E-state index is 11.7. The van der Waals surface area contributed by atoms with E-state index in [2.05, 4.69) is 0 Å². The SMILES string of the molecule is COc1ccc(CN2C(=O)CC[C@@H]2CO)cc1. The van der Waals surface area contributed by atoms with Crippen molar-refractivity contribution in [2.75, 3.05) is 13.7 Å². The molecule has 4 nitrogen and oxygen atoms in total. The molecular weight excluding hydrogens is 218 g/mol. The summed E-state index contributed by atoms with van der Waals surface area (Å²) in [5, 5.41) is 9.20. The van der Waals surface area contributed by atoms with Crippen molar-refractivity contribution in [3.8, 4) is 5.75 Å². The number of amides is 1.